The van der Waals surface area contributed by atoms with Crippen LogP contribution >= 0.6 is 15.9 Å². The summed E-state index contributed by atoms with van der Waals surface area (Å²) in [6.07, 6.45) is 0.400. The molecule has 1 aliphatic rings. The third-order valence-corrected chi connectivity index (χ3v) is 5.70. The number of fused-ring (bicyclic) bond motifs is 1. The quantitative estimate of drug-likeness (QED) is 0.831. The molecule has 1 aliphatic heterocycles. The average molecular weight is 390 g/mol. The molecule has 0 spiro atoms. The maximum absolute atomic E-state index is 12.5. The highest BCUT2D eigenvalue weighted by Crippen LogP contribution is 2.38. The fraction of sp³-hybridized carbons (Fsp3) is 0.429. The molecular formula is C14H16BrNO5S. The number of halogens is 1. The van der Waals surface area contributed by atoms with Gasteiger partial charge in [0.25, 0.3) is 0 Å². The van der Waals surface area contributed by atoms with Gasteiger partial charge in [-0.1, -0.05) is 22.9 Å². The molecule has 8 heteroatoms. The van der Waals surface area contributed by atoms with Gasteiger partial charge in [0.2, 0.25) is 5.91 Å². The third-order valence-electron chi connectivity index (χ3n) is 3.52. The van der Waals surface area contributed by atoms with Gasteiger partial charge in [0, 0.05) is 17.4 Å². The Hall–Kier alpha value is -1.41. The lowest BCUT2D eigenvalue weighted by Crippen LogP contribution is -2.29. The number of amides is 1. The van der Waals surface area contributed by atoms with E-state index in [1.54, 1.807) is 13.0 Å². The van der Waals surface area contributed by atoms with Crippen molar-refractivity contribution < 1.29 is 23.1 Å². The van der Waals surface area contributed by atoms with Crippen LogP contribution in [0.15, 0.2) is 21.5 Å². The maximum Gasteiger partial charge on any atom is 0.304 e. The van der Waals surface area contributed by atoms with E-state index >= 15 is 0 Å². The first kappa shape index (κ1) is 17.0. The van der Waals surface area contributed by atoms with Gasteiger partial charge in [0.1, 0.15) is 0 Å². The van der Waals surface area contributed by atoms with Gasteiger partial charge in [-0.3, -0.25) is 9.59 Å². The fourth-order valence-corrected chi connectivity index (χ4v) is 4.64. The SMILES string of the molecule is CCC(=O)N1CCc2cc(Br)cc(S(=O)(=O)CCC(=O)O)c21. The van der Waals surface area contributed by atoms with Gasteiger partial charge in [-0.15, -0.1) is 0 Å². The summed E-state index contributed by atoms with van der Waals surface area (Å²) < 4.78 is 25.6. The van der Waals surface area contributed by atoms with E-state index in [-0.39, 0.29) is 17.2 Å². The largest absolute Gasteiger partial charge is 0.481 e. The lowest BCUT2D eigenvalue weighted by molar-refractivity contribution is -0.136. The van der Waals surface area contributed by atoms with Crippen molar-refractivity contribution in [3.8, 4) is 0 Å². The molecule has 1 N–H and O–H groups in total. The molecule has 0 saturated heterocycles. The second kappa shape index (κ2) is 6.37. The Balaban J connectivity index is 2.53. The number of benzene rings is 1. The van der Waals surface area contributed by atoms with Crippen molar-refractivity contribution in [1.29, 1.82) is 0 Å². The van der Waals surface area contributed by atoms with E-state index < -0.39 is 28.0 Å². The van der Waals surface area contributed by atoms with Crippen LogP contribution in [0.3, 0.4) is 0 Å². The zero-order valence-electron chi connectivity index (χ0n) is 12.0. The molecule has 0 bridgehead atoms. The van der Waals surface area contributed by atoms with Crippen molar-refractivity contribution >= 4 is 43.3 Å². The lowest BCUT2D eigenvalue weighted by Gasteiger charge is -2.20. The molecule has 0 saturated carbocycles. The summed E-state index contributed by atoms with van der Waals surface area (Å²) in [7, 11) is -3.78. The highest BCUT2D eigenvalue weighted by atomic mass is 79.9. The van der Waals surface area contributed by atoms with Gasteiger partial charge in [0.15, 0.2) is 9.84 Å². The van der Waals surface area contributed by atoms with Gasteiger partial charge >= 0.3 is 5.97 Å². The Morgan fingerprint density at radius 1 is 1.36 bits per heavy atom. The Kier molecular flexibility index (Phi) is 4.91. The molecule has 0 unspecified atom stereocenters. The van der Waals surface area contributed by atoms with Crippen LogP contribution < -0.4 is 4.90 Å². The van der Waals surface area contributed by atoms with E-state index in [2.05, 4.69) is 15.9 Å². The van der Waals surface area contributed by atoms with E-state index in [0.717, 1.165) is 5.56 Å². The van der Waals surface area contributed by atoms with Gasteiger partial charge < -0.3 is 10.0 Å². The van der Waals surface area contributed by atoms with Crippen LogP contribution in [0.2, 0.25) is 0 Å². The van der Waals surface area contributed by atoms with Gasteiger partial charge in [-0.25, -0.2) is 8.42 Å². The zero-order valence-corrected chi connectivity index (χ0v) is 14.4. The number of anilines is 1. The number of sulfone groups is 1. The summed E-state index contributed by atoms with van der Waals surface area (Å²) in [5.74, 6) is -1.80. The Bertz CT molecular complexity index is 729. The van der Waals surface area contributed by atoms with E-state index in [9.17, 15) is 18.0 Å². The second-order valence-corrected chi connectivity index (χ2v) is 8.02. The minimum atomic E-state index is -3.78. The first-order valence-corrected chi connectivity index (χ1v) is 9.28. The number of aliphatic carboxylic acids is 1. The Labute approximate surface area is 137 Å². The third kappa shape index (κ3) is 3.33. The highest BCUT2D eigenvalue weighted by molar-refractivity contribution is 9.10. The van der Waals surface area contributed by atoms with E-state index in [1.807, 2.05) is 0 Å². The van der Waals surface area contributed by atoms with E-state index in [0.29, 0.717) is 23.1 Å². The molecule has 0 aliphatic carbocycles. The van der Waals surface area contributed by atoms with Crippen LogP contribution in [-0.4, -0.2) is 37.7 Å². The first-order valence-electron chi connectivity index (χ1n) is 6.83. The molecule has 1 aromatic rings. The zero-order chi connectivity index (χ0) is 16.5. The summed E-state index contributed by atoms with van der Waals surface area (Å²) in [5.41, 5.74) is 1.19. The van der Waals surface area contributed by atoms with Crippen LogP contribution in [0.4, 0.5) is 5.69 Å². The Morgan fingerprint density at radius 3 is 2.64 bits per heavy atom. The lowest BCUT2D eigenvalue weighted by atomic mass is 10.2. The molecule has 6 nitrogen and oxygen atoms in total. The molecular weight excluding hydrogens is 374 g/mol. The average Bonchev–Trinajstić information content (AvgIpc) is 2.87. The number of carboxylic acid groups (broad SMARTS) is 1. The molecule has 0 atom stereocenters. The molecule has 2 rings (SSSR count). The summed E-state index contributed by atoms with van der Waals surface area (Å²) in [6.45, 7) is 2.16. The van der Waals surface area contributed by atoms with Crippen LogP contribution in [0.5, 0.6) is 0 Å². The minimum absolute atomic E-state index is 0.0254. The molecule has 120 valence electrons. The Morgan fingerprint density at radius 2 is 2.05 bits per heavy atom. The summed E-state index contributed by atoms with van der Waals surface area (Å²) >= 11 is 3.28. The minimum Gasteiger partial charge on any atom is -0.481 e. The molecule has 22 heavy (non-hydrogen) atoms. The number of carboxylic acids is 1. The number of rotatable bonds is 5. The summed E-state index contributed by atoms with van der Waals surface area (Å²) in [4.78, 5) is 24.2. The van der Waals surface area contributed by atoms with Crippen molar-refractivity contribution in [3.05, 3.63) is 22.2 Å². The van der Waals surface area contributed by atoms with Crippen molar-refractivity contribution in [3.63, 3.8) is 0 Å². The molecule has 1 aromatic carbocycles. The fourth-order valence-electron chi connectivity index (χ4n) is 2.48. The monoisotopic (exact) mass is 389 g/mol. The van der Waals surface area contributed by atoms with Crippen molar-refractivity contribution in [2.45, 2.75) is 31.1 Å². The summed E-state index contributed by atoms with van der Waals surface area (Å²) in [6, 6.07) is 3.24. The number of carbonyl (C=O) groups is 2. The van der Waals surface area contributed by atoms with E-state index in [1.165, 1.54) is 11.0 Å². The molecule has 0 fully saturated rings. The highest BCUT2D eigenvalue weighted by Gasteiger charge is 2.32. The second-order valence-electron chi connectivity index (χ2n) is 5.02. The normalized spacial score (nSPS) is 14.0. The first-order chi connectivity index (χ1) is 10.3. The number of nitrogens with zero attached hydrogens (tertiary/aromatic N) is 1. The smallest absolute Gasteiger partial charge is 0.304 e. The molecule has 1 amide bonds. The topological polar surface area (TPSA) is 91.8 Å². The number of carbonyl (C=O) groups excluding carboxylic acids is 1. The van der Waals surface area contributed by atoms with Crippen LogP contribution in [0.25, 0.3) is 0 Å². The predicted molar refractivity (Wildman–Crippen MR) is 84.8 cm³/mol. The number of hydrogen-bond donors (Lipinski definition) is 1. The predicted octanol–water partition coefficient (Wildman–Crippen LogP) is 2.00. The maximum atomic E-state index is 12.5. The van der Waals surface area contributed by atoms with Crippen molar-refractivity contribution in [2.75, 3.05) is 17.2 Å². The molecule has 0 radical (unpaired) electrons. The van der Waals surface area contributed by atoms with Crippen molar-refractivity contribution in [1.82, 2.24) is 0 Å². The van der Waals surface area contributed by atoms with E-state index in [4.69, 9.17) is 5.11 Å². The van der Waals surface area contributed by atoms with Gasteiger partial charge in [0.05, 0.1) is 22.8 Å². The standard InChI is InChI=1S/C14H16BrNO5S/c1-2-12(17)16-5-3-9-7-10(15)8-11(14(9)16)22(20,21)6-4-13(18)19/h7-8H,2-6H2,1H3,(H,18,19). The van der Waals surface area contributed by atoms with Crippen LogP contribution in [0, 0.1) is 0 Å². The summed E-state index contributed by atoms with van der Waals surface area (Å²) in [5, 5.41) is 8.71. The van der Waals surface area contributed by atoms with Gasteiger partial charge in [-0.05, 0) is 24.1 Å². The van der Waals surface area contributed by atoms with Crippen LogP contribution in [0.1, 0.15) is 25.3 Å². The molecule has 0 aromatic heterocycles. The molecule has 1 heterocycles. The van der Waals surface area contributed by atoms with Crippen LogP contribution in [-0.2, 0) is 25.8 Å². The van der Waals surface area contributed by atoms with Gasteiger partial charge in [-0.2, -0.15) is 0 Å². The number of hydrogen-bond acceptors (Lipinski definition) is 4. The van der Waals surface area contributed by atoms with Crippen molar-refractivity contribution in [2.24, 2.45) is 0 Å².